The van der Waals surface area contributed by atoms with Crippen molar-refractivity contribution in [2.24, 2.45) is 5.92 Å². The van der Waals surface area contributed by atoms with Crippen LogP contribution in [0.5, 0.6) is 0 Å². The van der Waals surface area contributed by atoms with Crippen molar-refractivity contribution in [1.29, 1.82) is 5.26 Å². The summed E-state index contributed by atoms with van der Waals surface area (Å²) in [5.41, 5.74) is 0. The predicted molar refractivity (Wildman–Crippen MR) is 62.7 cm³/mol. The van der Waals surface area contributed by atoms with Gasteiger partial charge in [0.05, 0.1) is 6.07 Å². The minimum Gasteiger partial charge on any atom is -0.355 e. The number of nitriles is 1. The van der Waals surface area contributed by atoms with E-state index >= 15 is 0 Å². The van der Waals surface area contributed by atoms with E-state index in [1.165, 1.54) is 25.9 Å². The molecule has 0 bridgehead atoms. The van der Waals surface area contributed by atoms with E-state index in [1.54, 1.807) is 0 Å². The second-order valence-electron chi connectivity index (χ2n) is 4.28. The first-order valence-corrected chi connectivity index (χ1v) is 6.17. The zero-order chi connectivity index (χ0) is 11.8. The molecule has 0 saturated carbocycles. The summed E-state index contributed by atoms with van der Waals surface area (Å²) >= 11 is 0. The Morgan fingerprint density at radius 3 is 2.75 bits per heavy atom. The number of nitrogens with zero attached hydrogens (tertiary/aromatic N) is 2. The number of hydrogen-bond acceptors (Lipinski definition) is 3. The van der Waals surface area contributed by atoms with Crippen LogP contribution in [0, 0.1) is 17.2 Å². The van der Waals surface area contributed by atoms with Gasteiger partial charge in [-0.1, -0.05) is 6.92 Å². The summed E-state index contributed by atoms with van der Waals surface area (Å²) in [6.07, 6.45) is 4.18. The van der Waals surface area contributed by atoms with Crippen LogP contribution in [0.4, 0.5) is 0 Å². The van der Waals surface area contributed by atoms with Gasteiger partial charge in [0.1, 0.15) is 5.92 Å². The molecule has 0 aliphatic carbocycles. The van der Waals surface area contributed by atoms with Crippen molar-refractivity contribution < 1.29 is 4.79 Å². The summed E-state index contributed by atoms with van der Waals surface area (Å²) in [4.78, 5) is 13.9. The average molecular weight is 223 g/mol. The number of likely N-dealkylation sites (tertiary alicyclic amines) is 1. The van der Waals surface area contributed by atoms with Crippen molar-refractivity contribution in [1.82, 2.24) is 10.2 Å². The molecule has 0 aromatic carbocycles. The van der Waals surface area contributed by atoms with Crippen LogP contribution < -0.4 is 5.32 Å². The molecule has 0 aromatic rings. The van der Waals surface area contributed by atoms with Crippen LogP contribution in [0.25, 0.3) is 0 Å². The van der Waals surface area contributed by atoms with E-state index < -0.39 is 5.92 Å². The lowest BCUT2D eigenvalue weighted by molar-refractivity contribution is -0.123. The fraction of sp³-hybridized carbons (Fsp3) is 0.833. The van der Waals surface area contributed by atoms with E-state index in [0.717, 1.165) is 13.0 Å². The number of carbonyl (C=O) groups excluding carboxylic acids is 1. The van der Waals surface area contributed by atoms with Crippen LogP contribution in [0.2, 0.25) is 0 Å². The Morgan fingerprint density at radius 2 is 2.19 bits per heavy atom. The maximum atomic E-state index is 11.5. The summed E-state index contributed by atoms with van der Waals surface area (Å²) in [6.45, 7) is 6.00. The second-order valence-corrected chi connectivity index (χ2v) is 4.28. The molecule has 0 radical (unpaired) electrons. The molecule has 4 nitrogen and oxygen atoms in total. The molecule has 0 aromatic heterocycles. The molecule has 1 saturated heterocycles. The zero-order valence-corrected chi connectivity index (χ0v) is 10.0. The van der Waals surface area contributed by atoms with Gasteiger partial charge in [-0.2, -0.15) is 5.26 Å². The highest BCUT2D eigenvalue weighted by atomic mass is 16.1. The predicted octanol–water partition coefficient (Wildman–Crippen LogP) is 1.14. The molecule has 4 heteroatoms. The Morgan fingerprint density at radius 1 is 1.50 bits per heavy atom. The molecule has 1 unspecified atom stereocenters. The van der Waals surface area contributed by atoms with Crippen LogP contribution in [0.1, 0.15) is 32.6 Å². The SMILES string of the molecule is CCC(C#N)C(=O)NCCCN1CCCC1. The zero-order valence-electron chi connectivity index (χ0n) is 10.0. The maximum absolute atomic E-state index is 11.5. The third-order valence-corrected chi connectivity index (χ3v) is 3.03. The summed E-state index contributed by atoms with van der Waals surface area (Å²) in [6, 6.07) is 2.01. The van der Waals surface area contributed by atoms with Gasteiger partial charge in [-0.05, 0) is 45.3 Å². The van der Waals surface area contributed by atoms with Crippen molar-refractivity contribution in [3.05, 3.63) is 0 Å². The maximum Gasteiger partial charge on any atom is 0.237 e. The van der Waals surface area contributed by atoms with E-state index in [9.17, 15) is 4.79 Å². The van der Waals surface area contributed by atoms with Crippen LogP contribution in [-0.4, -0.2) is 37.0 Å². The average Bonchev–Trinajstić information content (AvgIpc) is 2.79. The highest BCUT2D eigenvalue weighted by Gasteiger charge is 2.15. The van der Waals surface area contributed by atoms with Gasteiger partial charge < -0.3 is 10.2 Å². The van der Waals surface area contributed by atoms with Gasteiger partial charge in [0.15, 0.2) is 0 Å². The van der Waals surface area contributed by atoms with Gasteiger partial charge in [-0.25, -0.2) is 0 Å². The van der Waals surface area contributed by atoms with Crippen molar-refractivity contribution in [3.63, 3.8) is 0 Å². The van der Waals surface area contributed by atoms with E-state index in [2.05, 4.69) is 10.2 Å². The first-order chi connectivity index (χ1) is 7.77. The van der Waals surface area contributed by atoms with Crippen LogP contribution >= 0.6 is 0 Å². The molecule has 1 rings (SSSR count). The Kier molecular flexibility index (Phi) is 5.87. The lowest BCUT2D eigenvalue weighted by Gasteiger charge is -2.14. The molecule has 1 aliphatic rings. The third-order valence-electron chi connectivity index (χ3n) is 3.03. The molecule has 16 heavy (non-hydrogen) atoms. The number of rotatable bonds is 6. The molecule has 1 aliphatic heterocycles. The largest absolute Gasteiger partial charge is 0.355 e. The number of hydrogen-bond donors (Lipinski definition) is 1. The molecule has 1 heterocycles. The van der Waals surface area contributed by atoms with Gasteiger partial charge in [-0.15, -0.1) is 0 Å². The number of carbonyl (C=O) groups is 1. The topological polar surface area (TPSA) is 56.1 Å². The summed E-state index contributed by atoms with van der Waals surface area (Å²) in [5, 5.41) is 11.5. The molecule has 90 valence electrons. The molecule has 1 amide bonds. The van der Waals surface area contributed by atoms with Crippen LogP contribution in [0.15, 0.2) is 0 Å². The Balaban J connectivity index is 2.06. The monoisotopic (exact) mass is 223 g/mol. The molecule has 1 fully saturated rings. The molecular weight excluding hydrogens is 202 g/mol. The van der Waals surface area contributed by atoms with E-state index in [4.69, 9.17) is 5.26 Å². The van der Waals surface area contributed by atoms with Gasteiger partial charge in [0, 0.05) is 6.54 Å². The minimum absolute atomic E-state index is 0.119. The second kappa shape index (κ2) is 7.24. The van der Waals surface area contributed by atoms with Crippen molar-refractivity contribution in [3.8, 4) is 6.07 Å². The molecule has 1 N–H and O–H groups in total. The lowest BCUT2D eigenvalue weighted by atomic mass is 10.1. The van der Waals surface area contributed by atoms with Gasteiger partial charge in [-0.3, -0.25) is 4.79 Å². The van der Waals surface area contributed by atoms with Gasteiger partial charge in [0.25, 0.3) is 0 Å². The summed E-state index contributed by atoms with van der Waals surface area (Å²) in [7, 11) is 0. The quantitative estimate of drug-likeness (QED) is 0.687. The Labute approximate surface area is 97.6 Å². The highest BCUT2D eigenvalue weighted by Crippen LogP contribution is 2.07. The van der Waals surface area contributed by atoms with Crippen molar-refractivity contribution >= 4 is 5.91 Å². The normalized spacial score (nSPS) is 18.0. The summed E-state index contributed by atoms with van der Waals surface area (Å²) < 4.78 is 0. The van der Waals surface area contributed by atoms with Crippen LogP contribution in [-0.2, 0) is 4.79 Å². The first kappa shape index (κ1) is 13.0. The minimum atomic E-state index is -0.480. The Hall–Kier alpha value is -1.08. The molecular formula is C12H21N3O. The number of nitrogens with one attached hydrogen (secondary N) is 1. The van der Waals surface area contributed by atoms with E-state index in [1.807, 2.05) is 13.0 Å². The Bertz CT molecular complexity index is 253. The highest BCUT2D eigenvalue weighted by molar-refractivity contribution is 5.80. The molecule has 1 atom stereocenters. The van der Waals surface area contributed by atoms with Crippen LogP contribution in [0.3, 0.4) is 0 Å². The van der Waals surface area contributed by atoms with Crippen molar-refractivity contribution in [2.75, 3.05) is 26.2 Å². The van der Waals surface area contributed by atoms with Crippen molar-refractivity contribution in [2.45, 2.75) is 32.6 Å². The fourth-order valence-electron chi connectivity index (χ4n) is 1.98. The number of amides is 1. The van der Waals surface area contributed by atoms with Gasteiger partial charge >= 0.3 is 0 Å². The lowest BCUT2D eigenvalue weighted by Crippen LogP contribution is -2.32. The fourth-order valence-corrected chi connectivity index (χ4v) is 1.98. The first-order valence-electron chi connectivity index (χ1n) is 6.17. The van der Waals surface area contributed by atoms with E-state index in [0.29, 0.717) is 13.0 Å². The van der Waals surface area contributed by atoms with E-state index in [-0.39, 0.29) is 5.91 Å². The smallest absolute Gasteiger partial charge is 0.237 e. The summed E-state index contributed by atoms with van der Waals surface area (Å²) in [5.74, 6) is -0.599. The standard InChI is InChI=1S/C12H21N3O/c1-2-11(10-13)12(16)14-6-5-9-15-7-3-4-8-15/h11H,2-9H2,1H3,(H,14,16). The molecule has 0 spiro atoms. The van der Waals surface area contributed by atoms with Gasteiger partial charge in [0.2, 0.25) is 5.91 Å². The third kappa shape index (κ3) is 4.19.